The number of carbonyl (C=O) groups excluding carboxylic acids is 3. The molecule has 0 spiro atoms. The summed E-state index contributed by atoms with van der Waals surface area (Å²) >= 11 is 8.09. The number of carboxylic acids is 2. The number of anilines is 1. The molecule has 8 N–H and O–H groups in total. The predicted molar refractivity (Wildman–Crippen MR) is 174 cm³/mol. The first-order valence-corrected chi connectivity index (χ1v) is 16.5. The number of aromatic nitrogens is 1. The molecule has 260 valence electrons. The first-order chi connectivity index (χ1) is 23.1. The number of fused-ring (bicyclic) bond motifs is 1. The summed E-state index contributed by atoms with van der Waals surface area (Å²) in [7, 11) is 0. The number of nitrogens with two attached hydrogens (primary N) is 1. The van der Waals surface area contributed by atoms with E-state index in [0.717, 1.165) is 34.1 Å². The van der Waals surface area contributed by atoms with Gasteiger partial charge >= 0.3 is 11.9 Å². The van der Waals surface area contributed by atoms with Gasteiger partial charge < -0.3 is 46.5 Å². The summed E-state index contributed by atoms with van der Waals surface area (Å²) in [6, 6.07) is 0.966. The van der Waals surface area contributed by atoms with Crippen molar-refractivity contribution in [1.29, 1.82) is 0 Å². The van der Waals surface area contributed by atoms with Gasteiger partial charge in [0.15, 0.2) is 22.3 Å². The number of phenolic OH excluding ortho intramolecular Hbond substituents is 2. The number of phenols is 2. The first kappa shape index (κ1) is 35.2. The van der Waals surface area contributed by atoms with Gasteiger partial charge in [-0.05, 0) is 26.0 Å². The lowest BCUT2D eigenvalue weighted by atomic mass is 9.89. The molecular weight excluding hydrogens is 710 g/mol. The number of oxime groups is 2. The summed E-state index contributed by atoms with van der Waals surface area (Å²) in [5, 5.41) is 51.8. The Hall–Kier alpha value is -5.08. The van der Waals surface area contributed by atoms with Crippen LogP contribution in [0.25, 0.3) is 0 Å². The first-order valence-electron chi connectivity index (χ1n) is 14.2. The molecule has 18 nitrogen and oxygen atoms in total. The Balaban J connectivity index is 1.19. The van der Waals surface area contributed by atoms with Crippen molar-refractivity contribution in [2.45, 2.75) is 55.9 Å². The van der Waals surface area contributed by atoms with Gasteiger partial charge in [0.2, 0.25) is 5.60 Å². The number of thiazole rings is 1. The summed E-state index contributed by atoms with van der Waals surface area (Å²) < 4.78 is 0. The lowest BCUT2D eigenvalue weighted by Gasteiger charge is -2.49. The Labute approximate surface area is 289 Å². The molecule has 5 rings (SSSR count). The number of aromatic hydroxyl groups is 2. The van der Waals surface area contributed by atoms with Crippen LogP contribution in [-0.2, 0) is 28.9 Å². The fraction of sp³-hybridized carbons (Fsp3) is 0.357. The molecule has 0 bridgehead atoms. The number of nitrogens with zero attached hydrogens (tertiary/aromatic N) is 4. The second-order valence-corrected chi connectivity index (χ2v) is 13.7. The monoisotopic (exact) mass is 737 g/mol. The maximum Gasteiger partial charge on any atom is 0.353 e. The van der Waals surface area contributed by atoms with E-state index in [9.17, 15) is 44.4 Å². The second kappa shape index (κ2) is 13.8. The number of nitrogens with one attached hydrogen (secondary N) is 2. The average molecular weight is 738 g/mol. The SMILES string of the molecule is CC(C)(O/N=C(\C(=O)NC1C(=O)N2C(C(=O)O)=C(C=NOC3CC(NC(=O)c4ccc(O)c(O)c4Cl)C3)CSC12)c1csc(N)n1)C(=O)O. The molecule has 3 heterocycles. The van der Waals surface area contributed by atoms with Gasteiger partial charge in [-0.15, -0.1) is 23.1 Å². The minimum atomic E-state index is -1.80. The molecule has 1 aromatic heterocycles. The quantitative estimate of drug-likeness (QED) is 0.0695. The van der Waals surface area contributed by atoms with E-state index in [0.29, 0.717) is 12.8 Å². The number of benzene rings is 1. The Kier molecular flexibility index (Phi) is 9.92. The zero-order chi connectivity index (χ0) is 35.8. The number of aliphatic carboxylic acids is 2. The van der Waals surface area contributed by atoms with Crippen molar-refractivity contribution >= 4 is 81.4 Å². The summed E-state index contributed by atoms with van der Waals surface area (Å²) in [4.78, 5) is 78.1. The highest BCUT2D eigenvalue weighted by Gasteiger charge is 2.54. The molecule has 2 unspecified atom stereocenters. The van der Waals surface area contributed by atoms with Crippen LogP contribution in [0.2, 0.25) is 5.02 Å². The van der Waals surface area contributed by atoms with E-state index in [1.54, 1.807) is 0 Å². The molecule has 1 aromatic carbocycles. The van der Waals surface area contributed by atoms with Gasteiger partial charge in [-0.2, -0.15) is 0 Å². The molecule has 21 heteroatoms. The zero-order valence-corrected chi connectivity index (χ0v) is 27.8. The minimum absolute atomic E-state index is 0.0185. The average Bonchev–Trinajstić information content (AvgIpc) is 3.45. The van der Waals surface area contributed by atoms with Crippen molar-refractivity contribution in [3.05, 3.63) is 45.1 Å². The van der Waals surface area contributed by atoms with Gasteiger partial charge in [-0.1, -0.05) is 21.9 Å². The van der Waals surface area contributed by atoms with Gasteiger partial charge in [0.1, 0.15) is 28.9 Å². The van der Waals surface area contributed by atoms with Crippen molar-refractivity contribution in [2.24, 2.45) is 10.3 Å². The number of β-lactam (4-membered cyclic amide) rings is 1. The standard InChI is InChI=1S/C28H28ClN7O11S2/c1-28(2,26(44)45)47-35-17(14-9-49-27(30)33-14)22(40)34-18-23(41)36-19(25(42)43)10(8-48-24(18)36)7-31-46-12-5-11(6-12)32-21(39)13-3-4-15(37)20(38)16(13)29/h3-4,7,9,11-12,18,24,37-38H,5-6,8H2,1-2H3,(H2,30,33)(H,32,39)(H,34,40)(H,42,43)(H,44,45)/b31-7?,35-17-. The van der Waals surface area contributed by atoms with Crippen LogP contribution in [0.1, 0.15) is 42.7 Å². The molecule has 2 atom stereocenters. The molecule has 3 amide bonds. The number of thioether (sulfide) groups is 1. The highest BCUT2D eigenvalue weighted by Crippen LogP contribution is 2.40. The molecule has 3 aliphatic rings. The Bertz CT molecular complexity index is 1820. The number of carboxylic acid groups (broad SMARTS) is 2. The lowest BCUT2D eigenvalue weighted by Crippen LogP contribution is -2.71. The van der Waals surface area contributed by atoms with Crippen molar-refractivity contribution in [2.75, 3.05) is 11.5 Å². The number of nitrogen functional groups attached to an aromatic ring is 1. The maximum absolute atomic E-state index is 13.2. The summed E-state index contributed by atoms with van der Waals surface area (Å²) in [6.07, 6.45) is 1.53. The summed E-state index contributed by atoms with van der Waals surface area (Å²) in [5.74, 6) is -5.93. The van der Waals surface area contributed by atoms with E-state index in [2.05, 4.69) is 25.9 Å². The Morgan fingerprint density at radius 1 is 1.18 bits per heavy atom. The number of amides is 3. The van der Waals surface area contributed by atoms with Crippen LogP contribution >= 0.6 is 34.7 Å². The molecule has 1 saturated heterocycles. The normalized spacial score (nSPS) is 22.1. The van der Waals surface area contributed by atoms with Crippen LogP contribution in [0, 0.1) is 0 Å². The van der Waals surface area contributed by atoms with E-state index < -0.39 is 70.0 Å². The topological polar surface area (TPSA) is 276 Å². The number of halogens is 1. The van der Waals surface area contributed by atoms with Crippen molar-refractivity contribution < 1.29 is 54.1 Å². The van der Waals surface area contributed by atoms with Gasteiger partial charge in [0.05, 0.1) is 16.8 Å². The highest BCUT2D eigenvalue weighted by molar-refractivity contribution is 8.00. The summed E-state index contributed by atoms with van der Waals surface area (Å²) in [6.45, 7) is 2.44. The number of hydrogen-bond donors (Lipinski definition) is 7. The van der Waals surface area contributed by atoms with Gasteiger partial charge in [-0.25, -0.2) is 14.6 Å². The molecule has 1 aliphatic carbocycles. The third-order valence-electron chi connectivity index (χ3n) is 7.53. The van der Waals surface area contributed by atoms with Crippen LogP contribution in [0.3, 0.4) is 0 Å². The molecule has 0 radical (unpaired) electrons. The van der Waals surface area contributed by atoms with Gasteiger partial charge in [0, 0.05) is 35.6 Å². The van der Waals surface area contributed by atoms with Crippen LogP contribution < -0.4 is 16.4 Å². The van der Waals surface area contributed by atoms with Crippen LogP contribution in [0.15, 0.2) is 39.1 Å². The number of carbonyl (C=O) groups is 5. The smallest absolute Gasteiger partial charge is 0.353 e. The Morgan fingerprint density at radius 3 is 2.53 bits per heavy atom. The maximum atomic E-state index is 13.2. The van der Waals surface area contributed by atoms with Crippen LogP contribution in [-0.4, -0.2) is 107 Å². The van der Waals surface area contributed by atoms with Crippen LogP contribution in [0.4, 0.5) is 5.13 Å². The molecule has 2 aliphatic heterocycles. The number of rotatable bonds is 12. The Morgan fingerprint density at radius 2 is 1.90 bits per heavy atom. The summed E-state index contributed by atoms with van der Waals surface area (Å²) in [5.41, 5.74) is 3.24. The second-order valence-electron chi connectivity index (χ2n) is 11.4. The minimum Gasteiger partial charge on any atom is -0.504 e. The van der Waals surface area contributed by atoms with E-state index in [4.69, 9.17) is 27.0 Å². The van der Waals surface area contributed by atoms with E-state index in [1.807, 2.05) is 0 Å². The van der Waals surface area contributed by atoms with Crippen molar-refractivity contribution in [3.63, 3.8) is 0 Å². The fourth-order valence-corrected chi connectivity index (χ4v) is 6.78. The third kappa shape index (κ3) is 7.20. The number of hydrogen-bond acceptors (Lipinski definition) is 15. The molecule has 1 saturated carbocycles. The lowest BCUT2D eigenvalue weighted by molar-refractivity contribution is -0.161. The molecular formula is C28H28ClN7O11S2. The fourth-order valence-electron chi connectivity index (χ4n) is 4.69. The zero-order valence-electron chi connectivity index (χ0n) is 25.4. The predicted octanol–water partition coefficient (Wildman–Crippen LogP) is 1.08. The van der Waals surface area contributed by atoms with Crippen molar-refractivity contribution in [1.82, 2.24) is 20.5 Å². The van der Waals surface area contributed by atoms with E-state index in [-0.39, 0.29) is 44.5 Å². The van der Waals surface area contributed by atoms with Crippen molar-refractivity contribution in [3.8, 4) is 11.5 Å². The van der Waals surface area contributed by atoms with E-state index in [1.165, 1.54) is 31.5 Å². The van der Waals surface area contributed by atoms with Gasteiger partial charge in [-0.3, -0.25) is 19.3 Å². The van der Waals surface area contributed by atoms with E-state index >= 15 is 0 Å². The third-order valence-corrected chi connectivity index (χ3v) is 9.89. The molecule has 49 heavy (non-hydrogen) atoms. The molecule has 2 fully saturated rings. The van der Waals surface area contributed by atoms with Gasteiger partial charge in [0.25, 0.3) is 17.7 Å². The van der Waals surface area contributed by atoms with Crippen LogP contribution in [0.5, 0.6) is 11.5 Å². The molecule has 2 aromatic rings. The largest absolute Gasteiger partial charge is 0.504 e. The highest BCUT2D eigenvalue weighted by atomic mass is 35.5.